The Morgan fingerprint density at radius 2 is 0.933 bits per heavy atom. The van der Waals surface area contributed by atoms with E-state index in [1.807, 2.05) is 0 Å². The average Bonchev–Trinajstić information content (AvgIpc) is 2.76. The van der Waals surface area contributed by atoms with Gasteiger partial charge in [0.05, 0.1) is 6.61 Å². The van der Waals surface area contributed by atoms with Crippen molar-refractivity contribution in [3.05, 3.63) is 12.7 Å². The van der Waals surface area contributed by atoms with Crippen LogP contribution < -0.4 is 0 Å². The lowest BCUT2D eigenvalue weighted by molar-refractivity contribution is -0.139. The van der Waals surface area contributed by atoms with Gasteiger partial charge in [-0.25, -0.2) is 4.79 Å². The zero-order chi connectivity index (χ0) is 22.0. The number of hydrogen-bond donors (Lipinski definition) is 0. The van der Waals surface area contributed by atoms with Crippen LogP contribution in [0.25, 0.3) is 0 Å². The molecule has 0 saturated heterocycles. The van der Waals surface area contributed by atoms with E-state index >= 15 is 0 Å². The first kappa shape index (κ1) is 29.2. The molecule has 0 N–H and O–H groups in total. The van der Waals surface area contributed by atoms with Gasteiger partial charge in [-0.15, -0.1) is 0 Å². The summed E-state index contributed by atoms with van der Waals surface area (Å²) in [4.78, 5) is 10.8. The molecule has 0 aromatic heterocycles. The van der Waals surface area contributed by atoms with Crippen molar-refractivity contribution in [3.8, 4) is 0 Å². The fourth-order valence-electron chi connectivity index (χ4n) is 3.82. The second-order valence-corrected chi connectivity index (χ2v) is 8.70. The predicted molar refractivity (Wildman–Crippen MR) is 130 cm³/mol. The first-order valence-corrected chi connectivity index (χ1v) is 13.2. The third-order valence-electron chi connectivity index (χ3n) is 5.78. The normalized spacial score (nSPS) is 11.0. The third-order valence-corrected chi connectivity index (χ3v) is 5.78. The lowest BCUT2D eigenvalue weighted by Gasteiger charge is -2.05. The molecule has 0 amide bonds. The molecule has 0 rings (SSSR count). The summed E-state index contributed by atoms with van der Waals surface area (Å²) in [5.41, 5.74) is 0. The average molecular weight is 425 g/mol. The molecule has 0 aliphatic heterocycles. The van der Waals surface area contributed by atoms with E-state index in [9.17, 15) is 4.79 Å². The zero-order valence-electron chi connectivity index (χ0n) is 20.3. The van der Waals surface area contributed by atoms with E-state index in [4.69, 9.17) is 9.47 Å². The van der Waals surface area contributed by atoms with E-state index in [0.29, 0.717) is 13.2 Å². The number of rotatable bonds is 25. The smallest absolute Gasteiger partial charge is 0.330 e. The molecule has 0 heterocycles. The highest BCUT2D eigenvalue weighted by atomic mass is 16.6. The summed E-state index contributed by atoms with van der Waals surface area (Å²) in [5, 5.41) is 0. The second-order valence-electron chi connectivity index (χ2n) is 8.70. The summed E-state index contributed by atoms with van der Waals surface area (Å²) in [5.74, 6) is -0.377. The van der Waals surface area contributed by atoms with Crippen molar-refractivity contribution in [1.82, 2.24) is 0 Å². The molecule has 0 aromatic rings. The van der Waals surface area contributed by atoms with Crippen molar-refractivity contribution in [2.75, 3.05) is 19.8 Å². The molecule has 3 heteroatoms. The van der Waals surface area contributed by atoms with Crippen LogP contribution in [0.4, 0.5) is 0 Å². The van der Waals surface area contributed by atoms with E-state index in [2.05, 4.69) is 13.5 Å². The maximum absolute atomic E-state index is 10.8. The number of carbonyl (C=O) groups excluding carboxylic acids is 1. The van der Waals surface area contributed by atoms with Crippen LogP contribution in [0.15, 0.2) is 12.7 Å². The Bertz CT molecular complexity index is 354. The van der Waals surface area contributed by atoms with Crippen LogP contribution in [0.3, 0.4) is 0 Å². The molecule has 0 radical (unpaired) electrons. The Morgan fingerprint density at radius 3 is 1.30 bits per heavy atom. The van der Waals surface area contributed by atoms with Gasteiger partial charge >= 0.3 is 5.97 Å². The van der Waals surface area contributed by atoms with Crippen molar-refractivity contribution >= 4 is 5.97 Å². The first-order valence-electron chi connectivity index (χ1n) is 13.2. The third kappa shape index (κ3) is 25.2. The molecule has 0 spiro atoms. The van der Waals surface area contributed by atoms with Gasteiger partial charge in [0.1, 0.15) is 6.61 Å². The SMILES string of the molecule is C=CC(=O)OCCOCCCCCCCCCCCCCCCCCCCCCC. The van der Waals surface area contributed by atoms with Gasteiger partial charge in [0.2, 0.25) is 0 Å². The monoisotopic (exact) mass is 424 g/mol. The Kier molecular flexibility index (Phi) is 25.5. The standard InChI is InChI=1S/C27H52O3/c1-3-5-6-7-8-9-10-11-12-13-14-15-16-17-18-19-20-21-22-23-24-29-25-26-30-27(28)4-2/h4H,2-3,5-26H2,1H3. The second kappa shape index (κ2) is 26.2. The van der Waals surface area contributed by atoms with E-state index in [1.54, 1.807) is 0 Å². The molecule has 0 atom stereocenters. The van der Waals surface area contributed by atoms with Gasteiger partial charge < -0.3 is 9.47 Å². The lowest BCUT2D eigenvalue weighted by atomic mass is 10.0. The molecule has 30 heavy (non-hydrogen) atoms. The molecule has 0 aromatic carbocycles. The quantitative estimate of drug-likeness (QED) is 0.0836. The number of esters is 1. The van der Waals surface area contributed by atoms with E-state index in [-0.39, 0.29) is 5.97 Å². The molecule has 0 fully saturated rings. The topological polar surface area (TPSA) is 35.5 Å². The molecule has 0 aliphatic rings. The van der Waals surface area contributed by atoms with Crippen LogP contribution in [0, 0.1) is 0 Å². The van der Waals surface area contributed by atoms with Crippen molar-refractivity contribution < 1.29 is 14.3 Å². The lowest BCUT2D eigenvalue weighted by Crippen LogP contribution is -2.08. The Morgan fingerprint density at radius 1 is 0.567 bits per heavy atom. The van der Waals surface area contributed by atoms with Gasteiger partial charge in [-0.05, 0) is 6.42 Å². The predicted octanol–water partition coefficient (Wildman–Crippen LogP) is 8.55. The number of unbranched alkanes of at least 4 members (excludes halogenated alkanes) is 19. The van der Waals surface area contributed by atoms with Crippen LogP contribution in [0.5, 0.6) is 0 Å². The molecular formula is C27H52O3. The maximum Gasteiger partial charge on any atom is 0.330 e. The highest BCUT2D eigenvalue weighted by Gasteiger charge is 1.97. The number of hydrogen-bond acceptors (Lipinski definition) is 3. The molecule has 0 saturated carbocycles. The summed E-state index contributed by atoms with van der Waals surface area (Å²) in [6.07, 6.45) is 29.2. The van der Waals surface area contributed by atoms with Crippen LogP contribution in [0.2, 0.25) is 0 Å². The van der Waals surface area contributed by atoms with Gasteiger partial charge in [-0.3, -0.25) is 0 Å². The largest absolute Gasteiger partial charge is 0.460 e. The summed E-state index contributed by atoms with van der Waals surface area (Å²) in [6, 6.07) is 0. The van der Waals surface area contributed by atoms with E-state index < -0.39 is 0 Å². The minimum Gasteiger partial charge on any atom is -0.460 e. The summed E-state index contributed by atoms with van der Waals surface area (Å²) in [6.45, 7) is 7.22. The fraction of sp³-hybridized carbons (Fsp3) is 0.889. The molecule has 0 unspecified atom stereocenters. The van der Waals surface area contributed by atoms with E-state index in [1.165, 1.54) is 128 Å². The first-order chi connectivity index (χ1) is 14.8. The van der Waals surface area contributed by atoms with Gasteiger partial charge in [-0.1, -0.05) is 135 Å². The molecule has 0 bridgehead atoms. The number of carbonyl (C=O) groups is 1. The minimum atomic E-state index is -0.377. The zero-order valence-corrected chi connectivity index (χ0v) is 20.3. The van der Waals surface area contributed by atoms with Gasteiger partial charge in [0.15, 0.2) is 0 Å². The molecule has 178 valence electrons. The molecule has 0 aliphatic carbocycles. The van der Waals surface area contributed by atoms with Crippen molar-refractivity contribution in [2.45, 2.75) is 135 Å². The molecule has 3 nitrogen and oxygen atoms in total. The highest BCUT2D eigenvalue weighted by Crippen LogP contribution is 2.14. The van der Waals surface area contributed by atoms with Gasteiger partial charge in [0, 0.05) is 12.7 Å². The Hall–Kier alpha value is -0.830. The minimum absolute atomic E-state index is 0.323. The summed E-state index contributed by atoms with van der Waals surface area (Å²) < 4.78 is 10.3. The highest BCUT2D eigenvalue weighted by molar-refractivity contribution is 5.81. The Balaban J connectivity index is 3.02. The summed E-state index contributed by atoms with van der Waals surface area (Å²) in [7, 11) is 0. The van der Waals surface area contributed by atoms with Crippen LogP contribution >= 0.6 is 0 Å². The van der Waals surface area contributed by atoms with Crippen molar-refractivity contribution in [1.29, 1.82) is 0 Å². The van der Waals surface area contributed by atoms with Crippen LogP contribution in [0.1, 0.15) is 135 Å². The van der Waals surface area contributed by atoms with Crippen LogP contribution in [-0.4, -0.2) is 25.8 Å². The summed E-state index contributed by atoms with van der Waals surface area (Å²) >= 11 is 0. The Labute approximate surface area is 188 Å². The molecular weight excluding hydrogens is 372 g/mol. The van der Waals surface area contributed by atoms with Crippen molar-refractivity contribution in [2.24, 2.45) is 0 Å². The van der Waals surface area contributed by atoms with Crippen LogP contribution in [-0.2, 0) is 14.3 Å². The fourth-order valence-corrected chi connectivity index (χ4v) is 3.82. The van der Waals surface area contributed by atoms with Gasteiger partial charge in [-0.2, -0.15) is 0 Å². The van der Waals surface area contributed by atoms with E-state index in [0.717, 1.165) is 13.0 Å². The maximum atomic E-state index is 10.8. The van der Waals surface area contributed by atoms with Crippen molar-refractivity contribution in [3.63, 3.8) is 0 Å². The van der Waals surface area contributed by atoms with Gasteiger partial charge in [0.25, 0.3) is 0 Å². The number of ether oxygens (including phenoxy) is 2.